The van der Waals surface area contributed by atoms with Crippen molar-refractivity contribution in [3.63, 3.8) is 0 Å². The molecule has 4 aliphatic heterocycles. The molecule has 4 heterocycles. The Morgan fingerprint density at radius 1 is 1.02 bits per heavy atom. The first-order chi connectivity index (χ1) is 27.1. The van der Waals surface area contributed by atoms with Crippen LogP contribution in [0.25, 0.3) is 0 Å². The largest absolute Gasteiger partial charge is 0.487 e. The number of aryl methyl sites for hydroxylation is 1. The van der Waals surface area contributed by atoms with Crippen LogP contribution in [0.15, 0.2) is 48.6 Å². The average Bonchev–Trinajstić information content (AvgIpc) is 3.16. The highest BCUT2D eigenvalue weighted by Crippen LogP contribution is 2.47. The summed E-state index contributed by atoms with van der Waals surface area (Å²) in [7, 11) is -2.50. The van der Waals surface area contributed by atoms with Crippen LogP contribution in [0.1, 0.15) is 73.9 Å². The molecule has 2 saturated heterocycles. The Bertz CT molecular complexity index is 1800. The highest BCUT2D eigenvalue weighted by Gasteiger charge is 2.49. The number of amides is 1. The summed E-state index contributed by atoms with van der Waals surface area (Å²) in [6, 6.07) is 11.8. The fourth-order valence-electron chi connectivity index (χ4n) is 9.50. The molecule has 0 spiro atoms. The van der Waals surface area contributed by atoms with E-state index in [-0.39, 0.29) is 30.4 Å². The van der Waals surface area contributed by atoms with Gasteiger partial charge in [0.05, 0.1) is 30.2 Å². The quantitative estimate of drug-likeness (QED) is 0.322. The van der Waals surface area contributed by atoms with Crippen LogP contribution in [0.5, 0.6) is 5.75 Å². The second-order valence-corrected chi connectivity index (χ2v) is 18.9. The molecule has 5 atom stereocenters. The molecule has 1 amide bonds. The molecular formula is C43H61ClN4O7S. The zero-order valence-corrected chi connectivity index (χ0v) is 35.0. The van der Waals surface area contributed by atoms with Gasteiger partial charge in [-0.3, -0.25) is 14.6 Å². The lowest BCUT2D eigenvalue weighted by Gasteiger charge is -2.52. The van der Waals surface area contributed by atoms with E-state index in [2.05, 4.69) is 38.5 Å². The summed E-state index contributed by atoms with van der Waals surface area (Å²) >= 11 is 6.43. The Kier molecular flexibility index (Phi) is 13.7. The zero-order chi connectivity index (χ0) is 39.3. The molecule has 2 aromatic rings. The molecule has 5 aliphatic rings. The minimum atomic E-state index is -4.07. The maximum atomic E-state index is 14.1. The fraction of sp³-hybridized carbons (Fsp3) is 0.651. The zero-order valence-electron chi connectivity index (χ0n) is 33.4. The summed E-state index contributed by atoms with van der Waals surface area (Å²) < 4.78 is 55.1. The first-order valence-corrected chi connectivity index (χ1v) is 22.7. The van der Waals surface area contributed by atoms with Crippen molar-refractivity contribution in [2.45, 2.75) is 82.3 Å². The predicted octanol–water partition coefficient (Wildman–Crippen LogP) is 5.94. The summed E-state index contributed by atoms with van der Waals surface area (Å²) in [5, 5.41) is -0.119. The van der Waals surface area contributed by atoms with Gasteiger partial charge in [-0.15, -0.1) is 0 Å². The van der Waals surface area contributed by atoms with Crippen LogP contribution >= 0.6 is 11.6 Å². The Morgan fingerprint density at radius 3 is 2.55 bits per heavy atom. The van der Waals surface area contributed by atoms with Crippen molar-refractivity contribution in [1.29, 1.82) is 0 Å². The molecule has 2 bridgehead atoms. The summed E-state index contributed by atoms with van der Waals surface area (Å²) in [4.78, 5) is 21.4. The van der Waals surface area contributed by atoms with Gasteiger partial charge in [0.2, 0.25) is 10.0 Å². The van der Waals surface area contributed by atoms with Gasteiger partial charge < -0.3 is 23.8 Å². The van der Waals surface area contributed by atoms with Gasteiger partial charge in [0, 0.05) is 76.7 Å². The Balaban J connectivity index is 1.26. The third-order valence-corrected chi connectivity index (χ3v) is 15.2. The van der Waals surface area contributed by atoms with Crippen LogP contribution in [0.2, 0.25) is 5.02 Å². The number of rotatable bonds is 8. The first-order valence-electron chi connectivity index (χ1n) is 20.8. The smallest absolute Gasteiger partial charge is 0.264 e. The topological polar surface area (TPSA) is 110 Å². The molecule has 0 aromatic heterocycles. The van der Waals surface area contributed by atoms with Crippen molar-refractivity contribution < 1.29 is 32.2 Å². The second-order valence-electron chi connectivity index (χ2n) is 16.5. The van der Waals surface area contributed by atoms with Gasteiger partial charge >= 0.3 is 0 Å². The standard InChI is InChI=1S/C43H61ClN4O7S/c1-4-55-43(30-46-19-21-47(22-20-46)37-28-53-29-37)17-7-8-31(2)41(16-23-52-3)56(50,51)45-42(49)33-12-15-40-39(25-33)48(26-34-11-14-38(34)43)18-6-5-9-32-24-36(44)13-10-35(32)27-54-40/h7,10,12-13,15,17,24-25,31,34,37-38,41H,4-6,8-9,11,14,16,18-23,26-30H2,1-3H3,(H,45,49)/b17-7+/t31-,34-,38+,41+,43-/m0/s1. The molecule has 0 unspecified atom stereocenters. The number of methoxy groups -OCH3 is 1. The van der Waals surface area contributed by atoms with Gasteiger partial charge in [-0.25, -0.2) is 13.1 Å². The minimum absolute atomic E-state index is 0.258. The average molecular weight is 814 g/mol. The number of anilines is 1. The van der Waals surface area contributed by atoms with E-state index in [0.29, 0.717) is 42.4 Å². The Hall–Kier alpha value is -2.71. The molecular weight excluding hydrogens is 752 g/mol. The number of hydrogen-bond donors (Lipinski definition) is 1. The highest BCUT2D eigenvalue weighted by atomic mass is 35.5. The molecule has 7 rings (SSSR count). The van der Waals surface area contributed by atoms with Crippen molar-refractivity contribution in [2.24, 2.45) is 17.8 Å². The Morgan fingerprint density at radius 2 is 1.84 bits per heavy atom. The van der Waals surface area contributed by atoms with Crippen molar-refractivity contribution in [3.05, 3.63) is 70.3 Å². The lowest BCUT2D eigenvalue weighted by Crippen LogP contribution is -2.61. The molecule has 56 heavy (non-hydrogen) atoms. The molecule has 0 radical (unpaired) electrons. The fourth-order valence-corrected chi connectivity index (χ4v) is 11.4. The number of benzene rings is 2. The van der Waals surface area contributed by atoms with Crippen LogP contribution in [-0.2, 0) is 37.3 Å². The van der Waals surface area contributed by atoms with E-state index in [4.69, 9.17) is 30.5 Å². The molecule has 1 aliphatic carbocycles. The molecule has 1 saturated carbocycles. The van der Waals surface area contributed by atoms with Crippen LogP contribution in [0.3, 0.4) is 0 Å². The predicted molar refractivity (Wildman–Crippen MR) is 220 cm³/mol. The third kappa shape index (κ3) is 9.43. The van der Waals surface area contributed by atoms with Crippen LogP contribution in [0.4, 0.5) is 5.69 Å². The SMILES string of the molecule is CCO[C@]1(CN2CCN(C3COC3)CC2)/C=C/C[C@H](C)[C@@H](CCOC)S(=O)(=O)NC(=O)c2ccc3c(c2)N(CCCCc2cc(Cl)ccc2CO3)C[C@@H]2CC[C@H]21. The molecule has 11 nitrogen and oxygen atoms in total. The number of nitrogens with one attached hydrogen (secondary N) is 1. The number of carbonyl (C=O) groups is 1. The van der Waals surface area contributed by atoms with Crippen molar-refractivity contribution >= 4 is 33.2 Å². The van der Waals surface area contributed by atoms with Gasteiger partial charge in [0.15, 0.2) is 0 Å². The normalized spacial score (nSPS) is 30.0. The number of sulfonamides is 1. The van der Waals surface area contributed by atoms with Crippen LogP contribution in [0, 0.1) is 17.8 Å². The van der Waals surface area contributed by atoms with Crippen molar-refractivity contribution in [2.75, 3.05) is 84.3 Å². The maximum Gasteiger partial charge on any atom is 0.264 e. The molecule has 2 aromatic carbocycles. The highest BCUT2D eigenvalue weighted by molar-refractivity contribution is 7.90. The van der Waals surface area contributed by atoms with Crippen molar-refractivity contribution in [1.82, 2.24) is 14.5 Å². The van der Waals surface area contributed by atoms with Crippen LogP contribution < -0.4 is 14.4 Å². The maximum absolute atomic E-state index is 14.1. The molecule has 308 valence electrons. The minimum Gasteiger partial charge on any atom is -0.487 e. The summed E-state index contributed by atoms with van der Waals surface area (Å²) in [6.07, 6.45) is 10.2. The number of hydrogen-bond acceptors (Lipinski definition) is 10. The van der Waals surface area contributed by atoms with E-state index < -0.39 is 26.8 Å². The van der Waals surface area contributed by atoms with Gasteiger partial charge in [-0.2, -0.15) is 0 Å². The van der Waals surface area contributed by atoms with E-state index in [0.717, 1.165) is 102 Å². The summed E-state index contributed by atoms with van der Waals surface area (Å²) in [6.45, 7) is 13.2. The van der Waals surface area contributed by atoms with E-state index in [1.807, 2.05) is 37.3 Å². The number of allylic oxidation sites excluding steroid dienone is 1. The Labute approximate surface area is 339 Å². The number of nitrogens with zero attached hydrogens (tertiary/aromatic N) is 3. The first kappa shape index (κ1) is 41.4. The van der Waals surface area contributed by atoms with E-state index in [1.165, 1.54) is 5.56 Å². The lowest BCUT2D eigenvalue weighted by atomic mass is 9.63. The third-order valence-electron chi connectivity index (χ3n) is 12.9. The van der Waals surface area contributed by atoms with Gasteiger partial charge in [0.25, 0.3) is 5.91 Å². The molecule has 13 heteroatoms. The molecule has 3 fully saturated rings. The van der Waals surface area contributed by atoms with Gasteiger partial charge in [-0.1, -0.05) is 36.7 Å². The van der Waals surface area contributed by atoms with Gasteiger partial charge in [-0.05, 0) is 111 Å². The lowest BCUT2D eigenvalue weighted by molar-refractivity contribution is -0.119. The number of piperazine rings is 1. The molecule has 1 N–H and O–H groups in total. The van der Waals surface area contributed by atoms with Crippen molar-refractivity contribution in [3.8, 4) is 5.75 Å². The van der Waals surface area contributed by atoms with E-state index in [1.54, 1.807) is 13.2 Å². The second kappa shape index (κ2) is 18.5. The summed E-state index contributed by atoms with van der Waals surface area (Å²) in [5.41, 5.74) is 2.83. The van der Waals surface area contributed by atoms with Gasteiger partial charge in [0.1, 0.15) is 18.0 Å². The van der Waals surface area contributed by atoms with Crippen LogP contribution in [-0.4, -0.2) is 120 Å². The number of halogens is 1. The van der Waals surface area contributed by atoms with E-state index in [9.17, 15) is 13.2 Å². The number of carbonyl (C=O) groups excluding carboxylic acids is 1. The summed E-state index contributed by atoms with van der Waals surface area (Å²) in [5.74, 6) is 0.348. The number of ether oxygens (including phenoxy) is 4. The van der Waals surface area contributed by atoms with E-state index >= 15 is 0 Å². The monoisotopic (exact) mass is 812 g/mol. The number of fused-ring (bicyclic) bond motifs is 3.